The number of para-hydroxylation sites is 1. The maximum Gasteiger partial charge on any atom is 0.136 e. The average Bonchev–Trinajstić information content (AvgIpc) is 4.04. The van der Waals surface area contributed by atoms with E-state index in [4.69, 9.17) is 14.4 Å². The van der Waals surface area contributed by atoms with Crippen molar-refractivity contribution in [2.45, 2.75) is 46.5 Å². The fourth-order valence-electron chi connectivity index (χ4n) is 8.94. The van der Waals surface area contributed by atoms with E-state index >= 15 is 0 Å². The average molecular weight is 1110 g/mol. The molecule has 3 aromatic heterocycles. The molecular weight excluding hydrogens is 1060 g/mol. The molecule has 0 aliphatic carbocycles. The Morgan fingerprint density at radius 2 is 1.13 bits per heavy atom. The number of hydrogen-bond donors (Lipinski definition) is 0. The zero-order chi connectivity index (χ0) is 48.3. The summed E-state index contributed by atoms with van der Waals surface area (Å²) in [6.07, 6.45) is 4.07. The third-order valence-electron chi connectivity index (χ3n) is 12.6. The Morgan fingerprint density at radius 3 is 1.73 bits per heavy atom. The zero-order valence-corrected chi connectivity index (χ0v) is 42.4. The van der Waals surface area contributed by atoms with Crippen LogP contribution in [0.5, 0.6) is 0 Å². The number of rotatable bonds is 10. The standard InChI is InChI=1S/C34H34FN3.C29H16FNO.Ir/c1-6-37-16-17-38(22-37)33-21-28(20-32(36-33)26-12-14-29(35)15-13-26)34-30(23(2)3)18-27(19-31(34)24(4)5)25-10-8-7-9-11-25;30-23-13-10-20(11-14-23)27-17-22(16-26(31-27)19-6-2-1-3-7-19)21-12-15-25-24-8-4-5-9-28(24)32-29(25)18-21;/h7-12,14-24H,6H2,1-5H3;1-6,8-10,12-18H;/q2*-2;. The molecule has 0 N–H and O–H groups in total. The first kappa shape index (κ1) is 48.5. The summed E-state index contributed by atoms with van der Waals surface area (Å²) in [7, 11) is 0. The van der Waals surface area contributed by atoms with Gasteiger partial charge in [0, 0.05) is 42.5 Å². The zero-order valence-electron chi connectivity index (χ0n) is 40.0. The summed E-state index contributed by atoms with van der Waals surface area (Å²) >= 11 is 0. The quantitative estimate of drug-likeness (QED) is 0.128. The van der Waals surface area contributed by atoms with Crippen LogP contribution >= 0.6 is 0 Å². The SMILES string of the molecule is CCN1C=CN(c2cc(-c3c(C(C)C)cc(-c4ccccc4)cc3C(C)C)cc(-c3[c-]cc(F)cc3)n2)[CH-]1.Fc1c[c-]c(-c2cc(-c3ccc4c(c3)oc3ccccc34)cc(-c3[c-]cccc3)n2)cc1.[Ir]. The summed E-state index contributed by atoms with van der Waals surface area (Å²) in [4.78, 5) is 14.0. The van der Waals surface area contributed by atoms with E-state index in [0.29, 0.717) is 11.8 Å². The van der Waals surface area contributed by atoms with Crippen LogP contribution in [-0.4, -0.2) is 21.4 Å². The molecule has 4 heterocycles. The number of aromatic nitrogens is 2. The molecule has 0 atom stereocenters. The van der Waals surface area contributed by atoms with E-state index in [1.807, 2.05) is 71.9 Å². The molecule has 0 saturated carbocycles. The largest absolute Gasteiger partial charge is 0.508 e. The van der Waals surface area contributed by atoms with Gasteiger partial charge >= 0.3 is 0 Å². The van der Waals surface area contributed by atoms with E-state index in [1.54, 1.807) is 12.1 Å². The van der Waals surface area contributed by atoms with Crippen molar-refractivity contribution in [3.8, 4) is 67.2 Å². The first-order valence-electron chi connectivity index (χ1n) is 23.7. The Morgan fingerprint density at radius 1 is 0.535 bits per heavy atom. The second kappa shape index (κ2) is 21.2. The first-order chi connectivity index (χ1) is 34.1. The van der Waals surface area contributed by atoms with Gasteiger partial charge in [-0.25, -0.2) is 0 Å². The van der Waals surface area contributed by atoms with Crippen molar-refractivity contribution < 1.29 is 33.3 Å². The van der Waals surface area contributed by atoms with E-state index in [-0.39, 0.29) is 31.7 Å². The third-order valence-corrected chi connectivity index (χ3v) is 12.6. The summed E-state index contributed by atoms with van der Waals surface area (Å²) in [6, 6.07) is 64.0. The molecule has 8 heteroatoms. The van der Waals surface area contributed by atoms with Crippen LogP contribution in [0.4, 0.5) is 14.6 Å². The molecule has 7 aromatic carbocycles. The fourth-order valence-corrected chi connectivity index (χ4v) is 8.94. The third kappa shape index (κ3) is 10.5. The molecule has 0 fully saturated rings. The molecule has 71 heavy (non-hydrogen) atoms. The summed E-state index contributed by atoms with van der Waals surface area (Å²) in [6.45, 7) is 14.1. The van der Waals surface area contributed by atoms with Crippen molar-refractivity contribution in [3.63, 3.8) is 0 Å². The number of benzene rings is 7. The first-order valence-corrected chi connectivity index (χ1v) is 23.7. The Bertz CT molecular complexity index is 3450. The molecule has 5 nitrogen and oxygen atoms in total. The van der Waals surface area contributed by atoms with Gasteiger partial charge in [0.1, 0.15) is 11.2 Å². The van der Waals surface area contributed by atoms with E-state index in [2.05, 4.69) is 143 Å². The molecule has 0 bridgehead atoms. The number of anilines is 1. The molecule has 0 spiro atoms. The normalized spacial score (nSPS) is 12.2. The number of furan rings is 1. The monoisotopic (exact) mass is 1110 g/mol. The van der Waals surface area contributed by atoms with Crippen LogP contribution in [0.25, 0.3) is 89.1 Å². The Hall–Kier alpha value is -7.51. The van der Waals surface area contributed by atoms with Gasteiger partial charge in [0.15, 0.2) is 0 Å². The van der Waals surface area contributed by atoms with Gasteiger partial charge in [-0.1, -0.05) is 120 Å². The van der Waals surface area contributed by atoms with Gasteiger partial charge in [-0.2, -0.15) is 0 Å². The molecule has 1 aliphatic rings. The van der Waals surface area contributed by atoms with Crippen LogP contribution in [0.2, 0.25) is 0 Å². The molecule has 0 amide bonds. The minimum atomic E-state index is -0.322. The van der Waals surface area contributed by atoms with Gasteiger partial charge in [0.05, 0.1) is 5.82 Å². The van der Waals surface area contributed by atoms with Crippen molar-refractivity contribution in [1.29, 1.82) is 0 Å². The minimum absolute atomic E-state index is 0. The predicted octanol–water partition coefficient (Wildman–Crippen LogP) is 16.7. The fraction of sp³-hybridized carbons (Fsp3) is 0.127. The number of fused-ring (bicyclic) bond motifs is 3. The second-order valence-corrected chi connectivity index (χ2v) is 18.0. The van der Waals surface area contributed by atoms with Gasteiger partial charge < -0.3 is 19.2 Å². The minimum Gasteiger partial charge on any atom is -0.508 e. The van der Waals surface area contributed by atoms with Crippen LogP contribution in [0.1, 0.15) is 57.6 Å². The Labute approximate surface area is 428 Å². The van der Waals surface area contributed by atoms with Gasteiger partial charge in [-0.15, -0.1) is 102 Å². The van der Waals surface area contributed by atoms with E-state index < -0.39 is 0 Å². The van der Waals surface area contributed by atoms with Crippen molar-refractivity contribution in [1.82, 2.24) is 14.9 Å². The van der Waals surface area contributed by atoms with E-state index in [1.165, 1.54) is 52.1 Å². The van der Waals surface area contributed by atoms with Crippen LogP contribution in [0, 0.1) is 36.5 Å². The summed E-state index contributed by atoms with van der Waals surface area (Å²) in [5.74, 6) is 0.825. The van der Waals surface area contributed by atoms with Crippen molar-refractivity contribution in [2.75, 3.05) is 11.4 Å². The number of nitrogens with zero attached hydrogens (tertiary/aromatic N) is 4. The van der Waals surface area contributed by atoms with Crippen molar-refractivity contribution >= 4 is 27.8 Å². The summed E-state index contributed by atoms with van der Waals surface area (Å²) in [5, 5.41) is 2.19. The van der Waals surface area contributed by atoms with E-state index in [0.717, 1.165) is 84.8 Å². The van der Waals surface area contributed by atoms with Gasteiger partial charge in [0.2, 0.25) is 0 Å². The second-order valence-electron chi connectivity index (χ2n) is 18.0. The van der Waals surface area contributed by atoms with E-state index in [9.17, 15) is 8.78 Å². The predicted molar refractivity (Wildman–Crippen MR) is 281 cm³/mol. The molecule has 1 aliphatic heterocycles. The van der Waals surface area contributed by atoms with Crippen LogP contribution in [0.15, 0.2) is 187 Å². The van der Waals surface area contributed by atoms with Gasteiger partial charge in [-0.05, 0) is 117 Å². The summed E-state index contributed by atoms with van der Waals surface area (Å²) in [5.41, 5.74) is 15.8. The Balaban J connectivity index is 0.000000175. The molecule has 1 radical (unpaired) electrons. The smallest absolute Gasteiger partial charge is 0.136 e. The van der Waals surface area contributed by atoms with Crippen molar-refractivity contribution in [3.05, 3.63) is 230 Å². The topological polar surface area (TPSA) is 45.4 Å². The Kier molecular flexibility index (Phi) is 14.5. The summed E-state index contributed by atoms with van der Waals surface area (Å²) < 4.78 is 33.3. The molecule has 0 saturated heterocycles. The van der Waals surface area contributed by atoms with Crippen LogP contribution in [0.3, 0.4) is 0 Å². The molecule has 355 valence electrons. The molecule has 11 rings (SSSR count). The van der Waals surface area contributed by atoms with Crippen molar-refractivity contribution in [2.24, 2.45) is 0 Å². The molecule has 10 aromatic rings. The molecular formula is C63H50F2IrN4O-4. The maximum absolute atomic E-state index is 13.7. The van der Waals surface area contributed by atoms with Crippen LogP contribution < -0.4 is 4.90 Å². The van der Waals surface area contributed by atoms with Gasteiger partial charge in [-0.3, -0.25) is 13.8 Å². The van der Waals surface area contributed by atoms with Crippen LogP contribution in [-0.2, 0) is 20.1 Å². The number of halogens is 2. The maximum atomic E-state index is 13.7. The number of hydrogen-bond acceptors (Lipinski definition) is 5. The number of pyridine rings is 2. The van der Waals surface area contributed by atoms with Gasteiger partial charge in [0.25, 0.3) is 0 Å². The molecule has 0 unspecified atom stereocenters.